The van der Waals surface area contributed by atoms with E-state index in [1.54, 1.807) is 29.2 Å². The van der Waals surface area contributed by atoms with Gasteiger partial charge in [0, 0.05) is 16.6 Å². The number of benzene rings is 2. The van der Waals surface area contributed by atoms with Crippen LogP contribution >= 0.6 is 47.2 Å². The van der Waals surface area contributed by atoms with Gasteiger partial charge in [-0.1, -0.05) is 83.6 Å². The molecule has 3 rings (SSSR count). The molecule has 2 aromatic carbocycles. The molecule has 1 heterocycles. The van der Waals surface area contributed by atoms with Gasteiger partial charge in [0.05, 0.1) is 4.91 Å². The normalized spacial score (nSPS) is 16.1. The third-order valence-electron chi connectivity index (χ3n) is 3.81. The minimum atomic E-state index is -0.0610. The first-order valence-electron chi connectivity index (χ1n) is 7.79. The van der Waals surface area contributed by atoms with E-state index in [0.717, 1.165) is 18.4 Å². The highest BCUT2D eigenvalue weighted by Gasteiger charge is 2.31. The Morgan fingerprint density at radius 1 is 1.12 bits per heavy atom. The molecule has 1 saturated heterocycles. The third-order valence-corrected chi connectivity index (χ3v) is 5.75. The van der Waals surface area contributed by atoms with E-state index in [1.165, 1.54) is 17.3 Å². The van der Waals surface area contributed by atoms with Crippen LogP contribution in [0.1, 0.15) is 17.5 Å². The number of aryl methyl sites for hydroxylation is 1. The maximum Gasteiger partial charge on any atom is 0.266 e. The smallest absolute Gasteiger partial charge is 0.266 e. The van der Waals surface area contributed by atoms with Gasteiger partial charge in [0.2, 0.25) is 0 Å². The minimum absolute atomic E-state index is 0.0610. The average Bonchev–Trinajstić information content (AvgIpc) is 2.86. The summed E-state index contributed by atoms with van der Waals surface area (Å²) in [6, 6.07) is 15.4. The Labute approximate surface area is 166 Å². The molecule has 0 spiro atoms. The Kier molecular flexibility index (Phi) is 6.18. The summed E-state index contributed by atoms with van der Waals surface area (Å²) in [5.74, 6) is -0.0610. The van der Waals surface area contributed by atoms with Crippen LogP contribution in [0.3, 0.4) is 0 Å². The van der Waals surface area contributed by atoms with Crippen LogP contribution in [0, 0.1) is 0 Å². The largest absolute Gasteiger partial charge is 0.293 e. The second-order valence-corrected chi connectivity index (χ2v) is 8.11. The minimum Gasteiger partial charge on any atom is -0.293 e. The van der Waals surface area contributed by atoms with Crippen LogP contribution in [0.4, 0.5) is 0 Å². The lowest BCUT2D eigenvalue weighted by Crippen LogP contribution is -2.29. The van der Waals surface area contributed by atoms with Crippen molar-refractivity contribution in [2.24, 2.45) is 0 Å². The van der Waals surface area contributed by atoms with Gasteiger partial charge in [0.15, 0.2) is 0 Å². The zero-order chi connectivity index (χ0) is 17.8. The molecule has 1 aliphatic rings. The maximum absolute atomic E-state index is 12.6. The van der Waals surface area contributed by atoms with Gasteiger partial charge < -0.3 is 0 Å². The predicted octanol–water partition coefficient (Wildman–Crippen LogP) is 5.83. The average molecular weight is 408 g/mol. The summed E-state index contributed by atoms with van der Waals surface area (Å²) in [6.07, 6.45) is 3.56. The standard InChI is InChI=1S/C19H15Cl2NOS2/c20-15-9-8-14(16(21)12-15)11-17-18(23)22(19(24)25-17)10-4-7-13-5-2-1-3-6-13/h1-3,5-6,8-9,11-12H,4,7,10H2/b17-11-. The molecule has 2 nitrogen and oxygen atoms in total. The number of carbonyl (C=O) groups is 1. The van der Waals surface area contributed by atoms with Gasteiger partial charge in [-0.25, -0.2) is 0 Å². The lowest BCUT2D eigenvalue weighted by Gasteiger charge is -2.14. The summed E-state index contributed by atoms with van der Waals surface area (Å²) >= 11 is 18.8. The Bertz CT molecular complexity index is 837. The van der Waals surface area contributed by atoms with Gasteiger partial charge in [-0.3, -0.25) is 9.69 Å². The van der Waals surface area contributed by atoms with E-state index >= 15 is 0 Å². The van der Waals surface area contributed by atoms with E-state index in [2.05, 4.69) is 12.1 Å². The number of amides is 1. The number of nitrogens with zero attached hydrogens (tertiary/aromatic N) is 1. The quantitative estimate of drug-likeness (QED) is 0.459. The molecule has 25 heavy (non-hydrogen) atoms. The van der Waals surface area contributed by atoms with Crippen LogP contribution in [-0.4, -0.2) is 21.7 Å². The highest BCUT2D eigenvalue weighted by molar-refractivity contribution is 8.26. The van der Waals surface area contributed by atoms with Gasteiger partial charge in [-0.05, 0) is 42.2 Å². The molecule has 1 amide bonds. The predicted molar refractivity (Wildman–Crippen MR) is 111 cm³/mol. The zero-order valence-electron chi connectivity index (χ0n) is 13.2. The van der Waals surface area contributed by atoms with E-state index in [9.17, 15) is 4.79 Å². The molecule has 0 bridgehead atoms. The van der Waals surface area contributed by atoms with Crippen molar-refractivity contribution in [3.05, 3.63) is 74.6 Å². The Morgan fingerprint density at radius 3 is 2.60 bits per heavy atom. The first kappa shape index (κ1) is 18.5. The molecular formula is C19H15Cl2NOS2. The number of thioether (sulfide) groups is 1. The molecular weight excluding hydrogens is 393 g/mol. The van der Waals surface area contributed by atoms with Crippen LogP contribution in [0.25, 0.3) is 6.08 Å². The van der Waals surface area contributed by atoms with Gasteiger partial charge in [-0.15, -0.1) is 0 Å². The van der Waals surface area contributed by atoms with Crippen LogP contribution < -0.4 is 0 Å². The van der Waals surface area contributed by atoms with Crippen LogP contribution in [0.2, 0.25) is 10.0 Å². The molecule has 0 N–H and O–H groups in total. The van der Waals surface area contributed by atoms with Gasteiger partial charge in [0.25, 0.3) is 5.91 Å². The molecule has 0 saturated carbocycles. The topological polar surface area (TPSA) is 20.3 Å². The Hall–Kier alpha value is -1.33. The van der Waals surface area contributed by atoms with Gasteiger partial charge >= 0.3 is 0 Å². The molecule has 1 fully saturated rings. The van der Waals surface area contributed by atoms with E-state index in [0.29, 0.717) is 25.8 Å². The van der Waals surface area contributed by atoms with Crippen LogP contribution in [0.15, 0.2) is 53.4 Å². The van der Waals surface area contributed by atoms with Crippen molar-refractivity contribution < 1.29 is 4.79 Å². The number of halogens is 2. The van der Waals surface area contributed by atoms with E-state index in [-0.39, 0.29) is 5.91 Å². The first-order chi connectivity index (χ1) is 12.0. The first-order valence-corrected chi connectivity index (χ1v) is 9.77. The fraction of sp³-hybridized carbons (Fsp3) is 0.158. The molecule has 0 aromatic heterocycles. The Morgan fingerprint density at radius 2 is 1.88 bits per heavy atom. The van der Waals surface area contributed by atoms with Crippen molar-refractivity contribution in [3.63, 3.8) is 0 Å². The van der Waals surface area contributed by atoms with Crippen molar-refractivity contribution in [2.75, 3.05) is 6.54 Å². The van der Waals surface area contributed by atoms with Crippen LogP contribution in [-0.2, 0) is 11.2 Å². The zero-order valence-corrected chi connectivity index (χ0v) is 16.4. The SMILES string of the molecule is O=C1/C(=C/c2ccc(Cl)cc2Cl)SC(=S)N1CCCc1ccccc1. The summed E-state index contributed by atoms with van der Waals surface area (Å²) in [6.45, 7) is 0.616. The summed E-state index contributed by atoms with van der Waals surface area (Å²) in [7, 11) is 0. The number of carbonyl (C=O) groups excluding carboxylic acids is 1. The lowest BCUT2D eigenvalue weighted by molar-refractivity contribution is -0.122. The fourth-order valence-electron chi connectivity index (χ4n) is 2.54. The van der Waals surface area contributed by atoms with Crippen LogP contribution in [0.5, 0.6) is 0 Å². The second kappa shape index (κ2) is 8.37. The number of rotatable bonds is 5. The van der Waals surface area contributed by atoms with Crippen molar-refractivity contribution >= 4 is 63.5 Å². The van der Waals surface area contributed by atoms with E-state index < -0.39 is 0 Å². The third kappa shape index (κ3) is 4.64. The fourth-order valence-corrected chi connectivity index (χ4v) is 4.30. The number of hydrogen-bond acceptors (Lipinski definition) is 3. The molecule has 0 unspecified atom stereocenters. The van der Waals surface area contributed by atoms with E-state index in [1.807, 2.05) is 18.2 Å². The summed E-state index contributed by atoms with van der Waals surface area (Å²) in [5.41, 5.74) is 2.02. The van der Waals surface area contributed by atoms with Gasteiger partial charge in [0.1, 0.15) is 4.32 Å². The Balaban J connectivity index is 1.66. The van der Waals surface area contributed by atoms with Crippen molar-refractivity contribution in [3.8, 4) is 0 Å². The number of thiocarbonyl (C=S) groups is 1. The maximum atomic E-state index is 12.6. The summed E-state index contributed by atoms with van der Waals surface area (Å²) < 4.78 is 0.592. The van der Waals surface area contributed by atoms with Crippen molar-refractivity contribution in [1.82, 2.24) is 4.90 Å². The molecule has 0 radical (unpaired) electrons. The van der Waals surface area contributed by atoms with E-state index in [4.69, 9.17) is 35.4 Å². The molecule has 128 valence electrons. The van der Waals surface area contributed by atoms with Crippen molar-refractivity contribution in [2.45, 2.75) is 12.8 Å². The lowest BCUT2D eigenvalue weighted by atomic mass is 10.1. The van der Waals surface area contributed by atoms with Gasteiger partial charge in [-0.2, -0.15) is 0 Å². The monoisotopic (exact) mass is 407 g/mol. The highest BCUT2D eigenvalue weighted by atomic mass is 35.5. The van der Waals surface area contributed by atoms with Crippen molar-refractivity contribution in [1.29, 1.82) is 0 Å². The molecule has 0 atom stereocenters. The molecule has 0 aliphatic carbocycles. The molecule has 6 heteroatoms. The molecule has 1 aliphatic heterocycles. The summed E-state index contributed by atoms with van der Waals surface area (Å²) in [5, 5.41) is 1.08. The summed E-state index contributed by atoms with van der Waals surface area (Å²) in [4.78, 5) is 14.9. The highest BCUT2D eigenvalue weighted by Crippen LogP contribution is 2.34. The molecule has 2 aromatic rings. The second-order valence-electron chi connectivity index (χ2n) is 5.59. The number of hydrogen-bond donors (Lipinski definition) is 0.